The number of fused-ring (bicyclic) bond motifs is 1. The minimum absolute atomic E-state index is 0.0834. The van der Waals surface area contributed by atoms with Gasteiger partial charge in [0.15, 0.2) is 5.65 Å². The third kappa shape index (κ3) is 3.49. The monoisotopic (exact) mass is 380 g/mol. The lowest BCUT2D eigenvalue weighted by Crippen LogP contribution is -2.34. The highest BCUT2D eigenvalue weighted by Crippen LogP contribution is 2.39. The molecule has 0 aliphatic heterocycles. The molecular formula is C21H28N6O. The van der Waals surface area contributed by atoms with Gasteiger partial charge in [-0.25, -0.2) is 4.98 Å². The fraction of sp³-hybridized carbons (Fsp3) is 0.619. The van der Waals surface area contributed by atoms with Crippen molar-refractivity contribution < 1.29 is 4.74 Å². The van der Waals surface area contributed by atoms with Crippen molar-refractivity contribution in [3.8, 4) is 6.07 Å². The molecule has 2 fully saturated rings. The Kier molecular flexibility index (Phi) is 5.31. The lowest BCUT2D eigenvalue weighted by molar-refractivity contribution is -0.0319. The van der Waals surface area contributed by atoms with E-state index in [0.717, 1.165) is 50.5 Å². The molecule has 2 aliphatic carbocycles. The third-order valence-electron chi connectivity index (χ3n) is 6.51. The van der Waals surface area contributed by atoms with Gasteiger partial charge in [0.25, 0.3) is 0 Å². The molecule has 2 aromatic rings. The number of aromatic nitrogens is 3. The largest absolute Gasteiger partial charge is 0.375 e. The predicted octanol–water partition coefficient (Wildman–Crippen LogP) is 3.57. The van der Waals surface area contributed by atoms with E-state index >= 15 is 0 Å². The summed E-state index contributed by atoms with van der Waals surface area (Å²) in [6.45, 7) is 2.18. The van der Waals surface area contributed by atoms with Crippen LogP contribution < -0.4 is 5.49 Å². The molecule has 148 valence electrons. The van der Waals surface area contributed by atoms with E-state index in [4.69, 9.17) is 20.8 Å². The third-order valence-corrected chi connectivity index (χ3v) is 6.51. The molecule has 0 bridgehead atoms. The maximum Gasteiger partial charge on any atom is 0.154 e. The van der Waals surface area contributed by atoms with Crippen LogP contribution in [-0.2, 0) is 4.74 Å². The average Bonchev–Trinajstić information content (AvgIpc) is 3.34. The van der Waals surface area contributed by atoms with Crippen molar-refractivity contribution in [2.75, 3.05) is 0 Å². The van der Waals surface area contributed by atoms with E-state index in [-0.39, 0.29) is 29.5 Å². The highest BCUT2D eigenvalue weighted by molar-refractivity contribution is 5.91. The summed E-state index contributed by atoms with van der Waals surface area (Å²) in [6, 6.07) is 4.26. The second kappa shape index (κ2) is 7.88. The summed E-state index contributed by atoms with van der Waals surface area (Å²) >= 11 is 0. The highest BCUT2D eigenvalue weighted by Gasteiger charge is 2.38. The van der Waals surface area contributed by atoms with Gasteiger partial charge in [-0.1, -0.05) is 13.3 Å². The number of ether oxygens (including phenoxy) is 1. The topological polar surface area (TPSA) is 114 Å². The lowest BCUT2D eigenvalue weighted by atomic mass is 9.88. The lowest BCUT2D eigenvalue weighted by Gasteiger charge is -2.27. The molecule has 7 nitrogen and oxygen atoms in total. The first kappa shape index (κ1) is 18.9. The summed E-state index contributed by atoms with van der Waals surface area (Å²) in [5, 5.41) is 26.3. The molecule has 2 heterocycles. The van der Waals surface area contributed by atoms with Gasteiger partial charge in [-0.2, -0.15) is 5.26 Å². The molecule has 2 aliphatic rings. The van der Waals surface area contributed by atoms with Crippen molar-refractivity contribution in [3.63, 3.8) is 0 Å². The van der Waals surface area contributed by atoms with Crippen LogP contribution in [0, 0.1) is 39.9 Å². The fourth-order valence-corrected chi connectivity index (χ4v) is 4.95. The van der Waals surface area contributed by atoms with Gasteiger partial charge in [0.1, 0.15) is 11.3 Å². The molecule has 28 heavy (non-hydrogen) atoms. The molecule has 4 rings (SSSR count). The molecular weight excluding hydrogens is 352 g/mol. The predicted molar refractivity (Wildman–Crippen MR) is 106 cm³/mol. The molecule has 0 saturated heterocycles. The zero-order chi connectivity index (χ0) is 19.7. The van der Waals surface area contributed by atoms with Gasteiger partial charge in [0, 0.05) is 18.0 Å². The smallest absolute Gasteiger partial charge is 0.154 e. The van der Waals surface area contributed by atoms with Gasteiger partial charge in [-0.15, -0.1) is 0 Å². The van der Waals surface area contributed by atoms with Crippen molar-refractivity contribution >= 4 is 17.0 Å². The van der Waals surface area contributed by atoms with E-state index < -0.39 is 0 Å². The Morgan fingerprint density at radius 3 is 2.82 bits per heavy atom. The van der Waals surface area contributed by atoms with Gasteiger partial charge < -0.3 is 9.72 Å². The first-order valence-electron chi connectivity index (χ1n) is 10.3. The molecule has 2 aromatic heterocycles. The molecule has 3 atom stereocenters. The van der Waals surface area contributed by atoms with Gasteiger partial charge in [-0.05, 0) is 50.5 Å². The van der Waals surface area contributed by atoms with Gasteiger partial charge in [0.2, 0.25) is 0 Å². The second-order valence-electron chi connectivity index (χ2n) is 8.18. The summed E-state index contributed by atoms with van der Waals surface area (Å²) in [6.07, 6.45) is 10.3. The Hall–Kier alpha value is -2.46. The van der Waals surface area contributed by atoms with Crippen molar-refractivity contribution in [1.29, 1.82) is 16.1 Å². The van der Waals surface area contributed by atoms with E-state index in [1.54, 1.807) is 10.8 Å². The van der Waals surface area contributed by atoms with Gasteiger partial charge >= 0.3 is 0 Å². The number of aromatic amines is 1. The van der Waals surface area contributed by atoms with Crippen LogP contribution in [0.4, 0.5) is 0 Å². The van der Waals surface area contributed by atoms with Gasteiger partial charge in [0.05, 0.1) is 30.0 Å². The fourth-order valence-electron chi connectivity index (χ4n) is 4.95. The van der Waals surface area contributed by atoms with Crippen LogP contribution in [-0.4, -0.2) is 32.6 Å². The maximum absolute atomic E-state index is 9.08. The summed E-state index contributed by atoms with van der Waals surface area (Å²) in [4.78, 5) is 7.32. The van der Waals surface area contributed by atoms with E-state index in [2.05, 4.69) is 23.0 Å². The zero-order valence-electron chi connectivity index (χ0n) is 16.3. The molecule has 2 saturated carbocycles. The molecule has 0 unspecified atom stereocenters. The van der Waals surface area contributed by atoms with E-state index in [9.17, 15) is 0 Å². The average molecular weight is 380 g/mol. The Morgan fingerprint density at radius 1 is 1.32 bits per heavy atom. The van der Waals surface area contributed by atoms with Crippen LogP contribution in [0.25, 0.3) is 11.2 Å². The molecule has 3 N–H and O–H groups in total. The maximum atomic E-state index is 9.08. The van der Waals surface area contributed by atoms with Crippen LogP contribution in [0.1, 0.15) is 51.9 Å². The van der Waals surface area contributed by atoms with Crippen molar-refractivity contribution in [2.24, 2.45) is 17.8 Å². The number of H-pyrrole nitrogens is 1. The van der Waals surface area contributed by atoms with Crippen LogP contribution in [0.3, 0.4) is 0 Å². The molecule has 0 amide bonds. The van der Waals surface area contributed by atoms with Crippen LogP contribution in [0.5, 0.6) is 0 Å². The van der Waals surface area contributed by atoms with Crippen molar-refractivity contribution in [2.45, 2.75) is 64.1 Å². The van der Waals surface area contributed by atoms with Crippen LogP contribution >= 0.6 is 0 Å². The van der Waals surface area contributed by atoms with Crippen molar-refractivity contribution in [1.82, 2.24) is 14.5 Å². The number of nitrogens with zero attached hydrogens (tertiary/aromatic N) is 3. The molecule has 7 heteroatoms. The van der Waals surface area contributed by atoms with E-state index in [0.29, 0.717) is 17.4 Å². The van der Waals surface area contributed by atoms with E-state index in [1.165, 1.54) is 6.20 Å². The zero-order valence-corrected chi connectivity index (χ0v) is 16.3. The Morgan fingerprint density at radius 2 is 2.11 bits per heavy atom. The first-order valence-corrected chi connectivity index (χ1v) is 10.3. The molecule has 0 radical (unpaired) electrons. The summed E-state index contributed by atoms with van der Waals surface area (Å²) in [5.41, 5.74) is 1.73. The number of nitriles is 1. The SMILES string of the molecule is CC[C@@H]1C[C@@H](OC2CCC(C#N)CC2)C[C@@H]1C(=N)n1c(=N)cnc2[nH]ccc21. The Labute approximate surface area is 164 Å². The summed E-state index contributed by atoms with van der Waals surface area (Å²) in [7, 11) is 0. The van der Waals surface area contributed by atoms with Crippen LogP contribution in [0.2, 0.25) is 0 Å². The molecule has 0 spiro atoms. The Bertz CT molecular complexity index is 946. The number of hydrogen-bond acceptors (Lipinski definition) is 5. The summed E-state index contributed by atoms with van der Waals surface area (Å²) < 4.78 is 8.13. The quantitative estimate of drug-likeness (QED) is 0.556. The molecule has 0 aromatic carbocycles. The van der Waals surface area contributed by atoms with E-state index in [1.807, 2.05) is 6.07 Å². The second-order valence-corrected chi connectivity index (χ2v) is 8.18. The Balaban J connectivity index is 1.49. The minimum Gasteiger partial charge on any atom is -0.375 e. The number of nitrogens with one attached hydrogen (secondary N) is 3. The number of rotatable bonds is 4. The van der Waals surface area contributed by atoms with Crippen LogP contribution in [0.15, 0.2) is 18.5 Å². The van der Waals surface area contributed by atoms with Crippen molar-refractivity contribution in [3.05, 3.63) is 23.9 Å². The highest BCUT2D eigenvalue weighted by atomic mass is 16.5. The normalized spacial score (nSPS) is 30.4. The minimum atomic E-state index is 0.0834. The summed E-state index contributed by atoms with van der Waals surface area (Å²) in [5.74, 6) is 1.14. The standard InChI is InChI=1S/C21H28N6O/c1-2-14-9-16(28-15-5-3-13(11-22)4-6-15)10-17(14)20(24)27-18-7-8-25-21(18)26-12-19(27)23/h7-8,12-17,23-25H,2-6,9-10H2,1H3/t13?,14-,15?,16-,17+/m1/s1. The first-order chi connectivity index (χ1) is 13.6. The van der Waals surface area contributed by atoms with Gasteiger partial charge in [-0.3, -0.25) is 15.4 Å². The number of hydrogen-bond donors (Lipinski definition) is 3.